The Morgan fingerprint density at radius 1 is 1.50 bits per heavy atom. The molecule has 4 nitrogen and oxygen atoms in total. The lowest BCUT2D eigenvalue weighted by Crippen LogP contribution is -2.36. The van der Waals surface area contributed by atoms with Gasteiger partial charge in [0.15, 0.2) is 0 Å². The van der Waals surface area contributed by atoms with Crippen molar-refractivity contribution in [1.82, 2.24) is 14.7 Å². The number of halogens is 2. The molecule has 1 aromatic rings. The Balaban J connectivity index is 2.05. The highest BCUT2D eigenvalue weighted by Gasteiger charge is 2.19. The molecule has 0 fully saturated rings. The minimum Gasteiger partial charge on any atom is -0.382 e. The molecular weight excluding hydrogens is 190 g/mol. The van der Waals surface area contributed by atoms with Crippen molar-refractivity contribution in [3.63, 3.8) is 0 Å². The number of nitrogen functional groups attached to an aromatic ring is 1. The Bertz CT molecular complexity index is 323. The molecule has 1 aliphatic heterocycles. The van der Waals surface area contributed by atoms with E-state index < -0.39 is 6.43 Å². The predicted molar refractivity (Wildman–Crippen MR) is 47.9 cm³/mol. The Morgan fingerprint density at radius 3 is 3.00 bits per heavy atom. The summed E-state index contributed by atoms with van der Waals surface area (Å²) in [6.07, 6.45) is -2.28. The van der Waals surface area contributed by atoms with E-state index in [1.165, 1.54) is 0 Å². The summed E-state index contributed by atoms with van der Waals surface area (Å²) in [5.74, 6) is 0.457. The van der Waals surface area contributed by atoms with Crippen LogP contribution in [0.2, 0.25) is 0 Å². The zero-order chi connectivity index (χ0) is 10.1. The van der Waals surface area contributed by atoms with Gasteiger partial charge in [-0.2, -0.15) is 5.10 Å². The average molecular weight is 202 g/mol. The molecule has 0 aromatic carbocycles. The third-order valence-corrected chi connectivity index (χ3v) is 2.29. The first-order valence-electron chi connectivity index (χ1n) is 4.48. The molecule has 0 bridgehead atoms. The third-order valence-electron chi connectivity index (χ3n) is 2.29. The normalized spacial score (nSPS) is 17.4. The number of fused-ring (bicyclic) bond motifs is 1. The van der Waals surface area contributed by atoms with Gasteiger partial charge in [-0.25, -0.2) is 8.78 Å². The van der Waals surface area contributed by atoms with Crippen LogP contribution in [0.1, 0.15) is 5.69 Å². The molecule has 78 valence electrons. The van der Waals surface area contributed by atoms with E-state index in [-0.39, 0.29) is 6.54 Å². The summed E-state index contributed by atoms with van der Waals surface area (Å²) in [5, 5.41) is 4.05. The van der Waals surface area contributed by atoms with Gasteiger partial charge in [-0.1, -0.05) is 0 Å². The number of alkyl halides is 2. The highest BCUT2D eigenvalue weighted by molar-refractivity contribution is 5.29. The molecular formula is C8H12F2N4. The average Bonchev–Trinajstić information content (AvgIpc) is 2.42. The number of hydrogen-bond acceptors (Lipinski definition) is 3. The van der Waals surface area contributed by atoms with Crippen molar-refractivity contribution in [2.24, 2.45) is 0 Å². The van der Waals surface area contributed by atoms with Crippen molar-refractivity contribution in [3.05, 3.63) is 11.8 Å². The second-order valence-electron chi connectivity index (χ2n) is 3.41. The van der Waals surface area contributed by atoms with E-state index in [0.717, 1.165) is 5.69 Å². The Kier molecular flexibility index (Phi) is 2.37. The van der Waals surface area contributed by atoms with Crippen molar-refractivity contribution in [2.75, 3.05) is 18.8 Å². The third kappa shape index (κ3) is 1.84. The van der Waals surface area contributed by atoms with Gasteiger partial charge in [0, 0.05) is 19.2 Å². The first-order chi connectivity index (χ1) is 6.65. The SMILES string of the molecule is Nc1cc2n(n1)CCN(CC(F)F)C2. The molecule has 0 aliphatic carbocycles. The number of nitrogens with zero attached hydrogens (tertiary/aromatic N) is 3. The molecule has 2 N–H and O–H groups in total. The highest BCUT2D eigenvalue weighted by atomic mass is 19.3. The Hall–Kier alpha value is -1.17. The molecule has 0 spiro atoms. The van der Waals surface area contributed by atoms with E-state index in [9.17, 15) is 8.78 Å². The molecule has 0 atom stereocenters. The second-order valence-corrected chi connectivity index (χ2v) is 3.41. The maximum absolute atomic E-state index is 12.1. The van der Waals surface area contributed by atoms with Gasteiger partial charge >= 0.3 is 0 Å². The van der Waals surface area contributed by atoms with Crippen molar-refractivity contribution in [1.29, 1.82) is 0 Å². The zero-order valence-corrected chi connectivity index (χ0v) is 7.66. The minimum absolute atomic E-state index is 0.176. The van der Waals surface area contributed by atoms with E-state index in [1.807, 2.05) is 0 Å². The molecule has 0 radical (unpaired) electrons. The van der Waals surface area contributed by atoms with Crippen LogP contribution < -0.4 is 5.73 Å². The summed E-state index contributed by atoms with van der Waals surface area (Å²) in [7, 11) is 0. The van der Waals surface area contributed by atoms with Crippen LogP contribution >= 0.6 is 0 Å². The standard InChI is InChI=1S/C8H12F2N4/c9-7(10)5-13-1-2-14-6(4-13)3-8(11)12-14/h3,7H,1-2,4-5H2,(H2,11,12). The summed E-state index contributed by atoms with van der Waals surface area (Å²) in [6.45, 7) is 1.58. The van der Waals surface area contributed by atoms with Crippen LogP contribution in [0, 0.1) is 0 Å². The van der Waals surface area contributed by atoms with Gasteiger partial charge in [0.1, 0.15) is 5.82 Å². The molecule has 14 heavy (non-hydrogen) atoms. The largest absolute Gasteiger partial charge is 0.382 e. The van der Waals surface area contributed by atoms with Gasteiger partial charge in [-0.15, -0.1) is 0 Å². The monoisotopic (exact) mass is 202 g/mol. The molecule has 6 heteroatoms. The first-order valence-corrected chi connectivity index (χ1v) is 4.48. The number of aromatic nitrogens is 2. The van der Waals surface area contributed by atoms with Crippen LogP contribution in [0.4, 0.5) is 14.6 Å². The smallest absolute Gasteiger partial charge is 0.251 e. The van der Waals surface area contributed by atoms with Crippen LogP contribution in [-0.2, 0) is 13.1 Å². The fourth-order valence-corrected chi connectivity index (χ4v) is 1.69. The summed E-state index contributed by atoms with van der Waals surface area (Å²) in [5.41, 5.74) is 6.42. The van der Waals surface area contributed by atoms with Crippen LogP contribution in [0.25, 0.3) is 0 Å². The van der Waals surface area contributed by atoms with Crippen molar-refractivity contribution in [3.8, 4) is 0 Å². The maximum atomic E-state index is 12.1. The van der Waals surface area contributed by atoms with Gasteiger partial charge < -0.3 is 5.73 Å². The number of anilines is 1. The maximum Gasteiger partial charge on any atom is 0.251 e. The second kappa shape index (κ2) is 3.53. The zero-order valence-electron chi connectivity index (χ0n) is 7.66. The van der Waals surface area contributed by atoms with Gasteiger partial charge in [0.25, 0.3) is 6.43 Å². The lowest BCUT2D eigenvalue weighted by atomic mass is 10.3. The minimum atomic E-state index is -2.28. The quantitative estimate of drug-likeness (QED) is 0.761. The van der Waals surface area contributed by atoms with Crippen LogP contribution in [0.3, 0.4) is 0 Å². The van der Waals surface area contributed by atoms with E-state index in [0.29, 0.717) is 25.5 Å². The molecule has 2 rings (SSSR count). The van der Waals surface area contributed by atoms with E-state index in [4.69, 9.17) is 5.73 Å². The van der Waals surface area contributed by atoms with Gasteiger partial charge in [-0.05, 0) is 0 Å². The van der Waals surface area contributed by atoms with Crippen LogP contribution in [0.15, 0.2) is 6.07 Å². The van der Waals surface area contributed by atoms with E-state index >= 15 is 0 Å². The summed E-state index contributed by atoms with van der Waals surface area (Å²) < 4.78 is 26.0. The van der Waals surface area contributed by atoms with Gasteiger partial charge in [0.05, 0.1) is 18.8 Å². The molecule has 0 amide bonds. The number of hydrogen-bond donors (Lipinski definition) is 1. The molecule has 0 saturated heterocycles. The number of nitrogens with two attached hydrogens (primary N) is 1. The van der Waals surface area contributed by atoms with Crippen molar-refractivity contribution in [2.45, 2.75) is 19.5 Å². The predicted octanol–water partition coefficient (Wildman–Crippen LogP) is 0.546. The molecule has 1 aromatic heterocycles. The highest BCUT2D eigenvalue weighted by Crippen LogP contribution is 2.15. The Morgan fingerprint density at radius 2 is 2.29 bits per heavy atom. The lowest BCUT2D eigenvalue weighted by molar-refractivity contribution is 0.0737. The molecule has 0 unspecified atom stereocenters. The van der Waals surface area contributed by atoms with Gasteiger partial charge in [0.2, 0.25) is 0 Å². The van der Waals surface area contributed by atoms with Crippen molar-refractivity contribution < 1.29 is 8.78 Å². The number of rotatable bonds is 2. The van der Waals surface area contributed by atoms with Crippen LogP contribution in [-0.4, -0.2) is 34.2 Å². The van der Waals surface area contributed by atoms with Crippen LogP contribution in [0.5, 0.6) is 0 Å². The fourth-order valence-electron chi connectivity index (χ4n) is 1.69. The van der Waals surface area contributed by atoms with Crippen molar-refractivity contribution >= 4 is 5.82 Å². The summed E-state index contributed by atoms with van der Waals surface area (Å²) in [6, 6.07) is 1.73. The Labute approximate surface area is 80.3 Å². The van der Waals surface area contributed by atoms with E-state index in [2.05, 4.69) is 5.10 Å². The molecule has 2 heterocycles. The van der Waals surface area contributed by atoms with E-state index in [1.54, 1.807) is 15.6 Å². The fraction of sp³-hybridized carbons (Fsp3) is 0.625. The summed E-state index contributed by atoms with van der Waals surface area (Å²) >= 11 is 0. The molecule has 0 saturated carbocycles. The molecule has 1 aliphatic rings. The topological polar surface area (TPSA) is 47.1 Å². The first kappa shape index (κ1) is 9.39. The summed E-state index contributed by atoms with van der Waals surface area (Å²) in [4.78, 5) is 1.71. The van der Waals surface area contributed by atoms with Gasteiger partial charge in [-0.3, -0.25) is 9.58 Å². The lowest BCUT2D eigenvalue weighted by Gasteiger charge is -2.26.